The molecule has 1 atom stereocenters. The largest absolute Gasteiger partial charge is 0.376 e. The van der Waals surface area contributed by atoms with Crippen molar-refractivity contribution in [3.63, 3.8) is 0 Å². The molecule has 1 aromatic carbocycles. The van der Waals surface area contributed by atoms with Gasteiger partial charge in [0.25, 0.3) is 0 Å². The zero-order valence-electron chi connectivity index (χ0n) is 14.9. The van der Waals surface area contributed by atoms with Crippen molar-refractivity contribution in [2.24, 2.45) is 0 Å². The van der Waals surface area contributed by atoms with Crippen molar-refractivity contribution in [3.8, 4) is 11.4 Å². The average Bonchev–Trinajstić information content (AvgIpc) is 3.24. The van der Waals surface area contributed by atoms with E-state index in [0.29, 0.717) is 17.5 Å². The number of halogens is 1. The van der Waals surface area contributed by atoms with Crippen LogP contribution in [0.2, 0.25) is 0 Å². The van der Waals surface area contributed by atoms with Crippen molar-refractivity contribution in [3.05, 3.63) is 30.1 Å². The van der Waals surface area contributed by atoms with Gasteiger partial charge < -0.3 is 10.1 Å². The van der Waals surface area contributed by atoms with Crippen molar-refractivity contribution >= 4 is 17.7 Å². The van der Waals surface area contributed by atoms with Gasteiger partial charge in [-0.05, 0) is 51.0 Å². The van der Waals surface area contributed by atoms with Gasteiger partial charge in [-0.3, -0.25) is 9.36 Å². The molecule has 0 aliphatic carbocycles. The van der Waals surface area contributed by atoms with Crippen LogP contribution in [0.5, 0.6) is 0 Å². The first-order valence-corrected chi connectivity index (χ1v) is 9.74. The van der Waals surface area contributed by atoms with Crippen LogP contribution in [-0.2, 0) is 16.1 Å². The maximum Gasteiger partial charge on any atom is 0.230 e. The van der Waals surface area contributed by atoms with Gasteiger partial charge >= 0.3 is 0 Å². The van der Waals surface area contributed by atoms with Crippen LogP contribution in [0.4, 0.5) is 4.39 Å². The fourth-order valence-corrected chi connectivity index (χ4v) is 3.62. The summed E-state index contributed by atoms with van der Waals surface area (Å²) in [6.45, 7) is 5.23. The standard InChI is InChI=1S/C18H23FN4O2S/c1-12(2)20-16(24)11-26-18-22-21-17(13-5-7-14(19)8-6-13)23(18)10-15-4-3-9-25-15/h5-8,12,15H,3-4,9-11H2,1-2H3,(H,20,24). The van der Waals surface area contributed by atoms with Gasteiger partial charge in [-0.25, -0.2) is 4.39 Å². The molecule has 140 valence electrons. The summed E-state index contributed by atoms with van der Waals surface area (Å²) in [5.74, 6) is 0.594. The van der Waals surface area contributed by atoms with E-state index in [1.165, 1.54) is 23.9 Å². The van der Waals surface area contributed by atoms with E-state index in [2.05, 4.69) is 15.5 Å². The Labute approximate surface area is 156 Å². The maximum atomic E-state index is 13.2. The highest BCUT2D eigenvalue weighted by Gasteiger charge is 2.22. The topological polar surface area (TPSA) is 69.0 Å². The first kappa shape index (κ1) is 18.8. The lowest BCUT2D eigenvalue weighted by Crippen LogP contribution is -2.31. The average molecular weight is 378 g/mol. The Bertz CT molecular complexity index is 742. The molecule has 6 nitrogen and oxygen atoms in total. The summed E-state index contributed by atoms with van der Waals surface area (Å²) >= 11 is 1.35. The quantitative estimate of drug-likeness (QED) is 0.751. The molecule has 1 aromatic heterocycles. The molecule has 1 saturated heterocycles. The van der Waals surface area contributed by atoms with Crippen LogP contribution in [0, 0.1) is 5.82 Å². The minimum atomic E-state index is -0.293. The molecule has 0 saturated carbocycles. The van der Waals surface area contributed by atoms with Crippen molar-refractivity contribution in [2.45, 2.75) is 50.5 Å². The van der Waals surface area contributed by atoms with E-state index in [1.54, 1.807) is 12.1 Å². The molecule has 0 radical (unpaired) electrons. The Morgan fingerprint density at radius 3 is 2.81 bits per heavy atom. The minimum absolute atomic E-state index is 0.0417. The zero-order chi connectivity index (χ0) is 18.5. The SMILES string of the molecule is CC(C)NC(=O)CSc1nnc(-c2ccc(F)cc2)n1CC1CCCO1. The van der Waals surface area contributed by atoms with Gasteiger partial charge in [-0.1, -0.05) is 11.8 Å². The molecule has 1 fully saturated rings. The van der Waals surface area contributed by atoms with Gasteiger partial charge in [0, 0.05) is 18.2 Å². The van der Waals surface area contributed by atoms with Gasteiger partial charge in [0.05, 0.1) is 18.4 Å². The number of benzene rings is 1. The number of aromatic nitrogens is 3. The molecule has 1 amide bonds. The number of amides is 1. The van der Waals surface area contributed by atoms with E-state index >= 15 is 0 Å². The van der Waals surface area contributed by atoms with Crippen LogP contribution in [0.1, 0.15) is 26.7 Å². The Kier molecular flexibility index (Phi) is 6.26. The Morgan fingerprint density at radius 1 is 1.38 bits per heavy atom. The smallest absolute Gasteiger partial charge is 0.230 e. The van der Waals surface area contributed by atoms with Gasteiger partial charge in [-0.15, -0.1) is 10.2 Å². The Morgan fingerprint density at radius 2 is 2.15 bits per heavy atom. The second kappa shape index (κ2) is 8.64. The second-order valence-corrected chi connectivity index (χ2v) is 7.51. The number of thioether (sulfide) groups is 1. The van der Waals surface area contributed by atoms with Gasteiger partial charge in [0.1, 0.15) is 5.82 Å². The van der Waals surface area contributed by atoms with Gasteiger partial charge in [-0.2, -0.15) is 0 Å². The van der Waals surface area contributed by atoms with E-state index in [4.69, 9.17) is 4.74 Å². The van der Waals surface area contributed by atoms with Gasteiger partial charge in [0.2, 0.25) is 5.91 Å². The Balaban J connectivity index is 1.81. The maximum absolute atomic E-state index is 13.2. The third kappa shape index (κ3) is 4.82. The molecule has 1 unspecified atom stereocenters. The summed E-state index contributed by atoms with van der Waals surface area (Å²) in [7, 11) is 0. The van der Waals surface area contributed by atoms with Crippen LogP contribution in [0.15, 0.2) is 29.4 Å². The number of carbonyl (C=O) groups excluding carboxylic acids is 1. The molecule has 0 bridgehead atoms. The fraction of sp³-hybridized carbons (Fsp3) is 0.500. The number of nitrogens with zero attached hydrogens (tertiary/aromatic N) is 3. The van der Waals surface area contributed by atoms with Crippen LogP contribution < -0.4 is 5.32 Å². The first-order chi connectivity index (χ1) is 12.5. The summed E-state index contributed by atoms with van der Waals surface area (Å²) in [5, 5.41) is 12.1. The summed E-state index contributed by atoms with van der Waals surface area (Å²) in [5.41, 5.74) is 0.787. The first-order valence-electron chi connectivity index (χ1n) is 8.76. The van der Waals surface area contributed by atoms with Crippen molar-refractivity contribution in [1.82, 2.24) is 20.1 Å². The predicted octanol–water partition coefficient (Wildman–Crippen LogP) is 2.88. The third-order valence-corrected chi connectivity index (χ3v) is 4.98. The normalized spacial score (nSPS) is 17.0. The molecule has 1 N–H and O–H groups in total. The third-order valence-electron chi connectivity index (χ3n) is 4.01. The summed E-state index contributed by atoms with van der Waals surface area (Å²) in [6.07, 6.45) is 2.13. The molecule has 2 heterocycles. The highest BCUT2D eigenvalue weighted by atomic mass is 32.2. The monoisotopic (exact) mass is 378 g/mol. The van der Waals surface area contributed by atoms with E-state index < -0.39 is 0 Å². The summed E-state index contributed by atoms with van der Waals surface area (Å²) < 4.78 is 21.0. The van der Waals surface area contributed by atoms with Crippen molar-refractivity contribution < 1.29 is 13.9 Å². The van der Waals surface area contributed by atoms with Crippen LogP contribution in [0.25, 0.3) is 11.4 Å². The lowest BCUT2D eigenvalue weighted by molar-refractivity contribution is -0.119. The highest BCUT2D eigenvalue weighted by Crippen LogP contribution is 2.26. The number of ether oxygens (including phenoxy) is 1. The van der Waals surface area contributed by atoms with Crippen molar-refractivity contribution in [1.29, 1.82) is 0 Å². The zero-order valence-corrected chi connectivity index (χ0v) is 15.8. The summed E-state index contributed by atoms with van der Waals surface area (Å²) in [4.78, 5) is 11.9. The van der Waals surface area contributed by atoms with Crippen LogP contribution in [0.3, 0.4) is 0 Å². The summed E-state index contributed by atoms with van der Waals surface area (Å²) in [6, 6.07) is 6.28. The molecule has 0 spiro atoms. The molecule has 1 aliphatic rings. The van der Waals surface area contributed by atoms with E-state index in [-0.39, 0.29) is 29.6 Å². The Hall–Kier alpha value is -1.93. The van der Waals surface area contributed by atoms with Gasteiger partial charge in [0.15, 0.2) is 11.0 Å². The highest BCUT2D eigenvalue weighted by molar-refractivity contribution is 7.99. The van der Waals surface area contributed by atoms with Crippen molar-refractivity contribution in [2.75, 3.05) is 12.4 Å². The van der Waals surface area contributed by atoms with E-state index in [9.17, 15) is 9.18 Å². The molecule has 26 heavy (non-hydrogen) atoms. The number of rotatable bonds is 7. The van der Waals surface area contributed by atoms with Crippen LogP contribution in [-0.4, -0.2) is 45.2 Å². The molecule has 2 aromatic rings. The number of hydrogen-bond donors (Lipinski definition) is 1. The molecule has 3 rings (SSSR count). The van der Waals surface area contributed by atoms with E-state index in [0.717, 1.165) is 25.0 Å². The molecule has 1 aliphatic heterocycles. The number of carbonyl (C=O) groups is 1. The number of nitrogens with one attached hydrogen (secondary N) is 1. The molecular weight excluding hydrogens is 355 g/mol. The van der Waals surface area contributed by atoms with Crippen LogP contribution >= 0.6 is 11.8 Å². The minimum Gasteiger partial charge on any atom is -0.376 e. The predicted molar refractivity (Wildman–Crippen MR) is 98.4 cm³/mol. The molecule has 8 heteroatoms. The molecular formula is C18H23FN4O2S. The fourth-order valence-electron chi connectivity index (χ4n) is 2.86. The number of hydrogen-bond acceptors (Lipinski definition) is 5. The van der Waals surface area contributed by atoms with E-state index in [1.807, 2.05) is 18.4 Å². The lowest BCUT2D eigenvalue weighted by atomic mass is 10.2. The lowest BCUT2D eigenvalue weighted by Gasteiger charge is -2.15. The second-order valence-electron chi connectivity index (χ2n) is 6.57.